The molecule has 19 heavy (non-hydrogen) atoms. The molecule has 0 saturated carbocycles. The molecule has 1 N–H and O–H groups in total. The maximum absolute atomic E-state index is 11.5. The quantitative estimate of drug-likeness (QED) is 0.919. The molecule has 0 spiro atoms. The largest absolute Gasteiger partial charge is 0.478 e. The molecule has 5 nitrogen and oxygen atoms in total. The topological polar surface area (TPSA) is 74.7 Å². The van der Waals surface area contributed by atoms with Crippen molar-refractivity contribution in [3.8, 4) is 0 Å². The predicted molar refractivity (Wildman–Crippen MR) is 73.9 cm³/mol. The smallest absolute Gasteiger partial charge is 0.337 e. The number of carboxylic acid groups (broad SMARTS) is 1. The van der Waals surface area contributed by atoms with Crippen LogP contribution in [0, 0.1) is 0 Å². The molecule has 1 unspecified atom stereocenters. The van der Waals surface area contributed by atoms with E-state index in [0.29, 0.717) is 6.42 Å². The van der Waals surface area contributed by atoms with Crippen molar-refractivity contribution in [2.45, 2.75) is 12.5 Å². The van der Waals surface area contributed by atoms with Gasteiger partial charge >= 0.3 is 5.97 Å². The minimum atomic E-state index is -2.95. The number of benzene rings is 1. The van der Waals surface area contributed by atoms with Gasteiger partial charge in [-0.3, -0.25) is 0 Å². The molecule has 1 aromatic carbocycles. The summed E-state index contributed by atoms with van der Waals surface area (Å²) in [5, 5.41) is 9.05. The number of aromatic carboxylic acids is 1. The summed E-state index contributed by atoms with van der Waals surface area (Å²) >= 11 is 5.91. The third-order valence-electron chi connectivity index (χ3n) is 3.35. The fourth-order valence-corrected chi connectivity index (χ4v) is 4.22. The van der Waals surface area contributed by atoms with Crippen molar-refractivity contribution in [3.05, 3.63) is 28.8 Å². The number of carbonyl (C=O) groups is 1. The van der Waals surface area contributed by atoms with E-state index in [-0.39, 0.29) is 28.1 Å². The summed E-state index contributed by atoms with van der Waals surface area (Å²) in [4.78, 5) is 12.7. The zero-order valence-corrected chi connectivity index (χ0v) is 11.9. The lowest BCUT2D eigenvalue weighted by atomic mass is 10.1. The molecule has 104 valence electrons. The maximum Gasteiger partial charge on any atom is 0.337 e. The number of halogens is 1. The van der Waals surface area contributed by atoms with Crippen LogP contribution < -0.4 is 4.90 Å². The molecular weight excluding hydrogens is 290 g/mol. The molecule has 0 radical (unpaired) electrons. The van der Waals surface area contributed by atoms with Gasteiger partial charge in [0.25, 0.3) is 0 Å². The van der Waals surface area contributed by atoms with Gasteiger partial charge in [0.05, 0.1) is 22.1 Å². The predicted octanol–water partition coefficient (Wildman–Crippen LogP) is 1.66. The Hall–Kier alpha value is -1.27. The first-order chi connectivity index (χ1) is 8.80. The summed E-state index contributed by atoms with van der Waals surface area (Å²) in [6.45, 7) is 0. The molecule has 0 aromatic heterocycles. The van der Waals surface area contributed by atoms with E-state index in [0.717, 1.165) is 5.69 Å². The first kappa shape index (κ1) is 14.1. The van der Waals surface area contributed by atoms with Crippen molar-refractivity contribution in [3.63, 3.8) is 0 Å². The van der Waals surface area contributed by atoms with Gasteiger partial charge in [0, 0.05) is 18.8 Å². The Morgan fingerprint density at radius 3 is 2.63 bits per heavy atom. The van der Waals surface area contributed by atoms with E-state index in [1.54, 1.807) is 19.2 Å². The first-order valence-electron chi connectivity index (χ1n) is 5.76. The van der Waals surface area contributed by atoms with Gasteiger partial charge in [0.2, 0.25) is 0 Å². The Bertz CT molecular complexity index is 614. The van der Waals surface area contributed by atoms with E-state index >= 15 is 0 Å². The van der Waals surface area contributed by atoms with Crippen LogP contribution in [0.5, 0.6) is 0 Å². The van der Waals surface area contributed by atoms with E-state index in [1.807, 2.05) is 4.90 Å². The highest BCUT2D eigenvalue weighted by molar-refractivity contribution is 7.91. The molecule has 0 amide bonds. The van der Waals surface area contributed by atoms with Gasteiger partial charge in [0.1, 0.15) is 0 Å². The van der Waals surface area contributed by atoms with E-state index in [4.69, 9.17) is 16.7 Å². The number of sulfone groups is 1. The Kier molecular flexibility index (Phi) is 3.73. The average Bonchev–Trinajstić information content (AvgIpc) is 2.68. The molecule has 1 fully saturated rings. The normalized spacial score (nSPS) is 21.3. The van der Waals surface area contributed by atoms with Crippen LogP contribution in [0.4, 0.5) is 5.69 Å². The average molecular weight is 304 g/mol. The molecule has 0 aliphatic carbocycles. The van der Waals surface area contributed by atoms with Crippen LogP contribution in [0.25, 0.3) is 0 Å². The van der Waals surface area contributed by atoms with Crippen LogP contribution in [-0.2, 0) is 9.84 Å². The van der Waals surface area contributed by atoms with E-state index in [1.165, 1.54) is 6.07 Å². The van der Waals surface area contributed by atoms with Gasteiger partial charge in [-0.05, 0) is 24.6 Å². The molecular formula is C12H14ClNO4S. The highest BCUT2D eigenvalue weighted by atomic mass is 35.5. The lowest BCUT2D eigenvalue weighted by Gasteiger charge is -2.26. The van der Waals surface area contributed by atoms with Gasteiger partial charge < -0.3 is 10.0 Å². The molecule has 7 heteroatoms. The minimum Gasteiger partial charge on any atom is -0.478 e. The molecule has 1 aliphatic heterocycles. The third-order valence-corrected chi connectivity index (χ3v) is 5.41. The van der Waals surface area contributed by atoms with Gasteiger partial charge in [-0.25, -0.2) is 13.2 Å². The fraction of sp³-hybridized carbons (Fsp3) is 0.417. The molecule has 1 aliphatic rings. The SMILES string of the molecule is CN(c1ccc(C(=O)O)c(Cl)c1)C1CCS(=O)(=O)C1. The van der Waals surface area contributed by atoms with Crippen LogP contribution in [0.3, 0.4) is 0 Å². The second kappa shape index (κ2) is 5.02. The van der Waals surface area contributed by atoms with E-state index < -0.39 is 15.8 Å². The van der Waals surface area contributed by atoms with Crippen molar-refractivity contribution in [1.82, 2.24) is 0 Å². The monoisotopic (exact) mass is 303 g/mol. The van der Waals surface area contributed by atoms with Crippen LogP contribution in [0.1, 0.15) is 16.8 Å². The van der Waals surface area contributed by atoms with Gasteiger partial charge in [-0.15, -0.1) is 0 Å². The first-order valence-corrected chi connectivity index (χ1v) is 7.96. The standard InChI is InChI=1S/C12H14ClNO4S/c1-14(9-4-5-19(17,18)7-9)8-2-3-10(12(15)16)11(13)6-8/h2-3,6,9H,4-5,7H2,1H3,(H,15,16). The Balaban J connectivity index is 2.23. The Morgan fingerprint density at radius 2 is 2.16 bits per heavy atom. The van der Waals surface area contributed by atoms with Crippen LogP contribution in [-0.4, -0.2) is 44.1 Å². The molecule has 0 bridgehead atoms. The highest BCUT2D eigenvalue weighted by Gasteiger charge is 2.31. The lowest BCUT2D eigenvalue weighted by molar-refractivity contribution is 0.0697. The van der Waals surface area contributed by atoms with E-state index in [2.05, 4.69) is 0 Å². The molecule has 1 heterocycles. The molecule has 1 aromatic rings. The fourth-order valence-electron chi connectivity index (χ4n) is 2.19. The van der Waals surface area contributed by atoms with Crippen LogP contribution >= 0.6 is 11.6 Å². The minimum absolute atomic E-state index is 0.0397. The van der Waals surface area contributed by atoms with Crippen molar-refractivity contribution >= 4 is 33.1 Å². The second-order valence-electron chi connectivity index (χ2n) is 4.64. The zero-order valence-electron chi connectivity index (χ0n) is 10.3. The number of nitrogens with zero attached hydrogens (tertiary/aromatic N) is 1. The van der Waals surface area contributed by atoms with Crippen molar-refractivity contribution < 1.29 is 18.3 Å². The second-order valence-corrected chi connectivity index (χ2v) is 7.27. The summed E-state index contributed by atoms with van der Waals surface area (Å²) in [6, 6.07) is 4.53. The van der Waals surface area contributed by atoms with Crippen LogP contribution in [0.15, 0.2) is 18.2 Å². The Morgan fingerprint density at radius 1 is 1.47 bits per heavy atom. The number of hydrogen-bond acceptors (Lipinski definition) is 4. The molecule has 1 atom stereocenters. The van der Waals surface area contributed by atoms with Crippen molar-refractivity contribution in [1.29, 1.82) is 0 Å². The number of anilines is 1. The highest BCUT2D eigenvalue weighted by Crippen LogP contribution is 2.27. The van der Waals surface area contributed by atoms with Gasteiger partial charge in [-0.2, -0.15) is 0 Å². The van der Waals surface area contributed by atoms with E-state index in [9.17, 15) is 13.2 Å². The molecule has 2 rings (SSSR count). The zero-order chi connectivity index (χ0) is 14.2. The summed E-state index contributed by atoms with van der Waals surface area (Å²) in [7, 11) is -1.16. The number of rotatable bonds is 3. The van der Waals surface area contributed by atoms with Crippen molar-refractivity contribution in [2.24, 2.45) is 0 Å². The Labute approximate surface area is 116 Å². The van der Waals surface area contributed by atoms with Crippen molar-refractivity contribution in [2.75, 3.05) is 23.5 Å². The van der Waals surface area contributed by atoms with Crippen LogP contribution in [0.2, 0.25) is 5.02 Å². The summed E-state index contributed by atoms with van der Waals surface area (Å²) in [6.07, 6.45) is 0.580. The molecule has 1 saturated heterocycles. The maximum atomic E-state index is 11.5. The van der Waals surface area contributed by atoms with Gasteiger partial charge in [0.15, 0.2) is 9.84 Å². The lowest BCUT2D eigenvalue weighted by Crippen LogP contribution is -2.32. The summed E-state index contributed by atoms with van der Waals surface area (Å²) < 4.78 is 22.9. The summed E-state index contributed by atoms with van der Waals surface area (Å²) in [5.41, 5.74) is 0.759. The summed E-state index contributed by atoms with van der Waals surface area (Å²) in [5.74, 6) is -0.757. The van der Waals surface area contributed by atoms with Gasteiger partial charge in [-0.1, -0.05) is 11.6 Å². The number of carboxylic acids is 1. The number of hydrogen-bond donors (Lipinski definition) is 1. The third kappa shape index (κ3) is 3.01.